The Balaban J connectivity index is 2.17. The molecule has 2 amide bonds. The van der Waals surface area contributed by atoms with Crippen LogP contribution in [0.15, 0.2) is 48.5 Å². The number of carbonyl (C=O) groups excluding carboxylic acids is 1. The van der Waals surface area contributed by atoms with Crippen LogP contribution in [0.5, 0.6) is 0 Å². The molecule has 0 heterocycles. The Morgan fingerprint density at radius 2 is 1.77 bits per heavy atom. The number of nitrogens with zero attached hydrogens (tertiary/aromatic N) is 3. The molecule has 0 unspecified atom stereocenters. The Hall–Kier alpha value is -3.00. The standard InChI is InChI=1S/C18H21FN4O3/c1-21(2)11-12-22(13-14-7-9-15(19)10-8-14)18(24)20-16-5-3-4-6-17(16)23(25)26/h3-10H,11-13H2,1-2H3,(H,20,24). The van der Waals surface area contributed by atoms with E-state index < -0.39 is 11.0 Å². The minimum atomic E-state index is -0.542. The second-order valence-corrected chi connectivity index (χ2v) is 6.06. The molecule has 7 nitrogen and oxygen atoms in total. The lowest BCUT2D eigenvalue weighted by molar-refractivity contribution is -0.383. The number of likely N-dealkylation sites (N-methyl/N-ethyl adjacent to an activating group) is 1. The summed E-state index contributed by atoms with van der Waals surface area (Å²) in [5.41, 5.74) is 0.731. The molecule has 26 heavy (non-hydrogen) atoms. The van der Waals surface area contributed by atoms with E-state index in [2.05, 4.69) is 5.32 Å². The van der Waals surface area contributed by atoms with E-state index in [1.165, 1.54) is 35.2 Å². The van der Waals surface area contributed by atoms with Gasteiger partial charge in [0.25, 0.3) is 5.69 Å². The number of benzene rings is 2. The molecule has 0 spiro atoms. The first-order chi connectivity index (χ1) is 12.4. The van der Waals surface area contributed by atoms with Gasteiger partial charge in [-0.2, -0.15) is 0 Å². The van der Waals surface area contributed by atoms with Crippen molar-refractivity contribution >= 4 is 17.4 Å². The predicted octanol–water partition coefficient (Wildman–Crippen LogP) is 3.33. The molecule has 8 heteroatoms. The second kappa shape index (κ2) is 8.91. The molecule has 0 aliphatic heterocycles. The zero-order chi connectivity index (χ0) is 19.1. The van der Waals surface area contributed by atoms with Crippen molar-refractivity contribution in [2.24, 2.45) is 0 Å². The van der Waals surface area contributed by atoms with E-state index >= 15 is 0 Å². The first-order valence-electron chi connectivity index (χ1n) is 8.05. The average Bonchev–Trinajstić information content (AvgIpc) is 2.60. The van der Waals surface area contributed by atoms with Crippen LogP contribution in [0, 0.1) is 15.9 Å². The summed E-state index contributed by atoms with van der Waals surface area (Å²) >= 11 is 0. The molecule has 1 N–H and O–H groups in total. The molecule has 0 fully saturated rings. The third-order valence-electron chi connectivity index (χ3n) is 3.73. The van der Waals surface area contributed by atoms with E-state index in [1.54, 1.807) is 18.2 Å². The van der Waals surface area contributed by atoms with Gasteiger partial charge in [-0.3, -0.25) is 10.1 Å². The highest BCUT2D eigenvalue weighted by Crippen LogP contribution is 2.23. The van der Waals surface area contributed by atoms with Crippen LogP contribution in [-0.4, -0.2) is 47.9 Å². The van der Waals surface area contributed by atoms with E-state index in [4.69, 9.17) is 0 Å². The first kappa shape index (κ1) is 19.3. The average molecular weight is 360 g/mol. The summed E-state index contributed by atoms with van der Waals surface area (Å²) in [5.74, 6) is -0.349. The summed E-state index contributed by atoms with van der Waals surface area (Å²) in [6.07, 6.45) is 0. The van der Waals surface area contributed by atoms with Crippen LogP contribution in [0.4, 0.5) is 20.6 Å². The molecule has 0 saturated heterocycles. The number of nitro groups is 1. The summed E-state index contributed by atoms with van der Waals surface area (Å²) < 4.78 is 13.1. The molecule has 2 aromatic rings. The molecule has 0 saturated carbocycles. The SMILES string of the molecule is CN(C)CCN(Cc1ccc(F)cc1)C(=O)Nc1ccccc1[N+](=O)[O-]. The molecule has 0 bridgehead atoms. The second-order valence-electron chi connectivity index (χ2n) is 6.06. The van der Waals surface area contributed by atoms with Gasteiger partial charge in [-0.25, -0.2) is 9.18 Å². The van der Waals surface area contributed by atoms with Crippen LogP contribution in [0.1, 0.15) is 5.56 Å². The van der Waals surface area contributed by atoms with Gasteiger partial charge in [0.1, 0.15) is 11.5 Å². The number of amides is 2. The van der Waals surface area contributed by atoms with Crippen molar-refractivity contribution in [2.75, 3.05) is 32.5 Å². The van der Waals surface area contributed by atoms with Gasteiger partial charge >= 0.3 is 6.03 Å². The Labute approximate surface area is 151 Å². The van der Waals surface area contributed by atoms with Gasteiger partial charge in [0.2, 0.25) is 0 Å². The van der Waals surface area contributed by atoms with Crippen molar-refractivity contribution in [3.63, 3.8) is 0 Å². The van der Waals surface area contributed by atoms with Gasteiger partial charge in [0.15, 0.2) is 0 Å². The van der Waals surface area contributed by atoms with E-state index in [9.17, 15) is 19.3 Å². The van der Waals surface area contributed by atoms with Crippen molar-refractivity contribution < 1.29 is 14.1 Å². The molecule has 0 aromatic heterocycles. The molecule has 2 rings (SSSR count). The van der Waals surface area contributed by atoms with Crippen LogP contribution in [-0.2, 0) is 6.54 Å². The van der Waals surface area contributed by atoms with Crippen LogP contribution in [0.2, 0.25) is 0 Å². The first-order valence-corrected chi connectivity index (χ1v) is 8.05. The van der Waals surface area contributed by atoms with E-state index in [1.807, 2.05) is 19.0 Å². The number of nitrogens with one attached hydrogen (secondary N) is 1. The summed E-state index contributed by atoms with van der Waals surface area (Å²) in [6, 6.07) is 11.4. The maximum absolute atomic E-state index is 13.1. The summed E-state index contributed by atoms with van der Waals surface area (Å²) in [7, 11) is 3.77. The minimum absolute atomic E-state index is 0.136. The Morgan fingerprint density at radius 1 is 1.12 bits per heavy atom. The maximum atomic E-state index is 13.1. The highest BCUT2D eigenvalue weighted by molar-refractivity contribution is 5.91. The number of nitro benzene ring substituents is 1. The van der Waals surface area contributed by atoms with Gasteiger partial charge in [-0.05, 0) is 37.9 Å². The molecular weight excluding hydrogens is 339 g/mol. The van der Waals surface area contributed by atoms with Crippen molar-refractivity contribution in [1.82, 2.24) is 9.80 Å². The Kier molecular flexibility index (Phi) is 6.62. The number of anilines is 1. The number of urea groups is 1. The van der Waals surface area contributed by atoms with E-state index in [-0.39, 0.29) is 23.7 Å². The zero-order valence-corrected chi connectivity index (χ0v) is 14.7. The van der Waals surface area contributed by atoms with Crippen LogP contribution in [0.25, 0.3) is 0 Å². The van der Waals surface area contributed by atoms with Gasteiger partial charge in [-0.15, -0.1) is 0 Å². The third-order valence-corrected chi connectivity index (χ3v) is 3.73. The number of carbonyl (C=O) groups is 1. The fourth-order valence-electron chi connectivity index (χ4n) is 2.32. The van der Waals surface area contributed by atoms with E-state index in [0.29, 0.717) is 13.1 Å². The van der Waals surface area contributed by atoms with Crippen LogP contribution >= 0.6 is 0 Å². The number of rotatable bonds is 7. The fourth-order valence-corrected chi connectivity index (χ4v) is 2.32. The van der Waals surface area contributed by atoms with Crippen molar-refractivity contribution in [3.8, 4) is 0 Å². The Morgan fingerprint density at radius 3 is 2.38 bits per heavy atom. The molecular formula is C18H21FN4O3. The molecule has 0 aliphatic rings. The van der Waals surface area contributed by atoms with Crippen molar-refractivity contribution in [3.05, 3.63) is 70.0 Å². The summed E-state index contributed by atoms with van der Waals surface area (Å²) in [6.45, 7) is 1.29. The van der Waals surface area contributed by atoms with Gasteiger partial charge in [0, 0.05) is 25.7 Å². The number of hydrogen-bond donors (Lipinski definition) is 1. The lowest BCUT2D eigenvalue weighted by Gasteiger charge is -2.25. The summed E-state index contributed by atoms with van der Waals surface area (Å²) in [5, 5.41) is 13.7. The molecule has 0 radical (unpaired) electrons. The highest BCUT2D eigenvalue weighted by Gasteiger charge is 2.19. The van der Waals surface area contributed by atoms with Gasteiger partial charge in [0.05, 0.1) is 4.92 Å². The fraction of sp³-hybridized carbons (Fsp3) is 0.278. The largest absolute Gasteiger partial charge is 0.322 e. The number of halogens is 1. The predicted molar refractivity (Wildman–Crippen MR) is 97.5 cm³/mol. The van der Waals surface area contributed by atoms with Crippen molar-refractivity contribution in [1.29, 1.82) is 0 Å². The Bertz CT molecular complexity index is 765. The normalized spacial score (nSPS) is 10.6. The topological polar surface area (TPSA) is 78.7 Å². The molecule has 0 atom stereocenters. The van der Waals surface area contributed by atoms with Gasteiger partial charge in [-0.1, -0.05) is 24.3 Å². The third kappa shape index (κ3) is 5.52. The lowest BCUT2D eigenvalue weighted by atomic mass is 10.2. The maximum Gasteiger partial charge on any atom is 0.322 e. The van der Waals surface area contributed by atoms with Crippen molar-refractivity contribution in [2.45, 2.75) is 6.54 Å². The van der Waals surface area contributed by atoms with E-state index in [0.717, 1.165) is 5.56 Å². The lowest BCUT2D eigenvalue weighted by Crippen LogP contribution is -2.39. The van der Waals surface area contributed by atoms with Crippen LogP contribution < -0.4 is 5.32 Å². The zero-order valence-electron chi connectivity index (χ0n) is 14.7. The van der Waals surface area contributed by atoms with Gasteiger partial charge < -0.3 is 15.1 Å². The molecule has 0 aliphatic carbocycles. The number of hydrogen-bond acceptors (Lipinski definition) is 4. The highest BCUT2D eigenvalue weighted by atomic mass is 19.1. The minimum Gasteiger partial charge on any atom is -0.319 e. The smallest absolute Gasteiger partial charge is 0.319 e. The van der Waals surface area contributed by atoms with Crippen LogP contribution in [0.3, 0.4) is 0 Å². The monoisotopic (exact) mass is 360 g/mol. The molecule has 138 valence electrons. The molecule has 2 aromatic carbocycles. The summed E-state index contributed by atoms with van der Waals surface area (Å²) in [4.78, 5) is 26.7. The quantitative estimate of drug-likeness (QED) is 0.607. The number of para-hydroxylation sites is 2.